The molecule has 0 aliphatic rings. The fourth-order valence-electron chi connectivity index (χ4n) is 5.96. The number of rotatable bonds is 6. The van der Waals surface area contributed by atoms with Gasteiger partial charge in [-0.2, -0.15) is 8.78 Å². The van der Waals surface area contributed by atoms with Crippen LogP contribution in [0.4, 0.5) is 17.6 Å². The molecule has 0 saturated carbocycles. The molecule has 0 atom stereocenters. The molecule has 10 rings (SSSR count). The third-order valence-corrected chi connectivity index (χ3v) is 17.7. The van der Waals surface area contributed by atoms with Crippen molar-refractivity contribution in [1.29, 1.82) is 0 Å². The summed E-state index contributed by atoms with van der Waals surface area (Å²) >= 11 is 11.3. The Hall–Kier alpha value is -3.46. The van der Waals surface area contributed by atoms with Gasteiger partial charge >= 0.3 is 0 Å². The van der Waals surface area contributed by atoms with Crippen molar-refractivity contribution < 1.29 is 17.6 Å². The molecule has 12 heteroatoms. The Morgan fingerprint density at radius 2 is 0.660 bits per heavy atom. The van der Waals surface area contributed by atoms with Crippen molar-refractivity contribution in [2.75, 3.05) is 0 Å². The summed E-state index contributed by atoms with van der Waals surface area (Å²) in [4.78, 5) is 10.2. The molecule has 8 aromatic heterocycles. The second kappa shape index (κ2) is 12.1. The molecule has 0 spiro atoms. The summed E-state index contributed by atoms with van der Waals surface area (Å²) in [6, 6.07) is 30.4. The smallest absolute Gasteiger partial charge is 0.177 e. The third-order valence-electron chi connectivity index (χ3n) is 8.26. The quantitative estimate of drug-likeness (QED) is 0.147. The van der Waals surface area contributed by atoms with Gasteiger partial charge in [0.05, 0.1) is 9.75 Å². The van der Waals surface area contributed by atoms with Gasteiger partial charge < -0.3 is 0 Å². The van der Waals surface area contributed by atoms with Gasteiger partial charge in [-0.15, -0.1) is 90.7 Å². The molecule has 0 nitrogen and oxygen atoms in total. The van der Waals surface area contributed by atoms with E-state index in [1.54, 1.807) is 46.9 Å². The van der Waals surface area contributed by atoms with E-state index in [1.807, 2.05) is 24.3 Å². The van der Waals surface area contributed by atoms with E-state index >= 15 is 8.78 Å². The van der Waals surface area contributed by atoms with E-state index in [0.29, 0.717) is 9.75 Å². The summed E-state index contributed by atoms with van der Waals surface area (Å²) in [5.74, 6) is -0.496. The Morgan fingerprint density at radius 3 is 1.08 bits per heavy atom. The van der Waals surface area contributed by atoms with Crippen molar-refractivity contribution in [3.05, 3.63) is 119 Å². The lowest BCUT2D eigenvalue weighted by molar-refractivity contribution is 0.636. The van der Waals surface area contributed by atoms with E-state index in [1.165, 1.54) is 57.5 Å². The van der Waals surface area contributed by atoms with Crippen LogP contribution in [0.15, 0.2) is 97.1 Å². The van der Waals surface area contributed by atoms with Gasteiger partial charge in [0, 0.05) is 58.2 Å². The normalized spacial score (nSPS) is 12.0. The number of hydrogen-bond donors (Lipinski definition) is 0. The highest BCUT2D eigenvalue weighted by Crippen LogP contribution is 2.48. The van der Waals surface area contributed by atoms with Crippen LogP contribution >= 0.6 is 90.7 Å². The molecule has 50 heavy (non-hydrogen) atoms. The maximum Gasteiger partial charge on any atom is 0.177 e. The summed E-state index contributed by atoms with van der Waals surface area (Å²) in [6.45, 7) is 0. The monoisotopic (exact) mass is 804 g/mol. The van der Waals surface area contributed by atoms with Crippen LogP contribution in [0.2, 0.25) is 0 Å². The minimum atomic E-state index is -0.248. The van der Waals surface area contributed by atoms with Crippen molar-refractivity contribution in [3.8, 4) is 58.5 Å². The van der Waals surface area contributed by atoms with E-state index in [9.17, 15) is 8.78 Å². The second-order valence-electron chi connectivity index (χ2n) is 11.5. The van der Waals surface area contributed by atoms with Crippen LogP contribution in [0.3, 0.4) is 0 Å². The molecule has 244 valence electrons. The summed E-state index contributed by atoms with van der Waals surface area (Å²) in [5, 5.41) is 3.98. The summed E-state index contributed by atoms with van der Waals surface area (Å²) in [6.07, 6.45) is 0. The Kier molecular flexibility index (Phi) is 7.55. The molecule has 0 aliphatic carbocycles. The van der Waals surface area contributed by atoms with Crippen LogP contribution in [0.5, 0.6) is 0 Å². The van der Waals surface area contributed by atoms with E-state index in [4.69, 9.17) is 0 Å². The largest absolute Gasteiger partial charge is 0.205 e. The maximum atomic E-state index is 15.3. The molecule has 0 amide bonds. The summed E-state index contributed by atoms with van der Waals surface area (Å²) < 4.78 is 59.9. The number of benzene rings is 2. The summed E-state index contributed by atoms with van der Waals surface area (Å²) in [7, 11) is 0. The highest BCUT2D eigenvalue weighted by atomic mass is 32.1. The zero-order chi connectivity index (χ0) is 33.7. The van der Waals surface area contributed by atoms with E-state index in [2.05, 4.69) is 36.4 Å². The molecule has 0 saturated heterocycles. The molecular formula is C38H16F4S8. The van der Waals surface area contributed by atoms with Gasteiger partial charge in [-0.25, -0.2) is 8.78 Å². The number of halogens is 4. The fraction of sp³-hybridized carbons (Fsp3) is 0. The Balaban J connectivity index is 0.949. The SMILES string of the molecule is Fc1ccc(-c2ccc(-c3sc(-c4cc5cc6cc7sc(-c8cc(F)c(-c9ccc(-c%10ccc(F)s%10)s9)s8)cc7cc6cc5s4)cc3F)s2)s1. The lowest BCUT2D eigenvalue weighted by atomic mass is 10.1. The zero-order valence-corrected chi connectivity index (χ0v) is 31.5. The molecule has 2 aromatic carbocycles. The van der Waals surface area contributed by atoms with E-state index in [0.717, 1.165) is 102 Å². The predicted molar refractivity (Wildman–Crippen MR) is 214 cm³/mol. The van der Waals surface area contributed by atoms with Crippen LogP contribution in [0, 0.1) is 21.9 Å². The topological polar surface area (TPSA) is 0 Å². The van der Waals surface area contributed by atoms with Crippen molar-refractivity contribution in [2.24, 2.45) is 0 Å². The first kappa shape index (κ1) is 31.3. The van der Waals surface area contributed by atoms with Gasteiger partial charge in [0.1, 0.15) is 11.6 Å². The third kappa shape index (κ3) is 5.44. The summed E-state index contributed by atoms with van der Waals surface area (Å²) in [5.41, 5.74) is 0. The van der Waals surface area contributed by atoms with Crippen LogP contribution in [-0.2, 0) is 0 Å². The number of fused-ring (bicyclic) bond motifs is 3. The number of thiophene rings is 8. The Morgan fingerprint density at radius 1 is 0.280 bits per heavy atom. The highest BCUT2D eigenvalue weighted by Gasteiger charge is 2.19. The van der Waals surface area contributed by atoms with Gasteiger partial charge in [-0.1, -0.05) is 0 Å². The minimum absolute atomic E-state index is 0.231. The van der Waals surface area contributed by atoms with Gasteiger partial charge in [0.2, 0.25) is 0 Å². The molecule has 0 aliphatic heterocycles. The van der Waals surface area contributed by atoms with Crippen molar-refractivity contribution in [1.82, 2.24) is 0 Å². The van der Waals surface area contributed by atoms with E-state index in [-0.39, 0.29) is 21.9 Å². The number of hydrogen-bond acceptors (Lipinski definition) is 8. The first-order valence-electron chi connectivity index (χ1n) is 15.0. The van der Waals surface area contributed by atoms with Crippen LogP contribution in [0.25, 0.3) is 89.5 Å². The zero-order valence-electron chi connectivity index (χ0n) is 25.0. The second-order valence-corrected chi connectivity index (χ2v) is 20.0. The highest BCUT2D eigenvalue weighted by molar-refractivity contribution is 7.30. The van der Waals surface area contributed by atoms with Crippen LogP contribution in [0.1, 0.15) is 0 Å². The first-order valence-corrected chi connectivity index (χ1v) is 21.6. The predicted octanol–water partition coefficient (Wildman–Crippen LogP) is 16.2. The van der Waals surface area contributed by atoms with Gasteiger partial charge in [0.25, 0.3) is 0 Å². The molecule has 8 heterocycles. The average molecular weight is 805 g/mol. The molecule has 10 aromatic rings. The Labute approximate surface area is 314 Å². The Bertz CT molecular complexity index is 2630. The van der Waals surface area contributed by atoms with Gasteiger partial charge in [-0.05, 0) is 119 Å². The van der Waals surface area contributed by atoms with Crippen LogP contribution < -0.4 is 0 Å². The minimum Gasteiger partial charge on any atom is -0.205 e. The van der Waals surface area contributed by atoms with Crippen LogP contribution in [-0.4, -0.2) is 0 Å². The lowest BCUT2D eigenvalue weighted by Gasteiger charge is -1.99. The van der Waals surface area contributed by atoms with E-state index < -0.39 is 0 Å². The average Bonchev–Trinajstić information content (AvgIpc) is 3.92. The molecule has 0 fully saturated rings. The maximum absolute atomic E-state index is 15.3. The molecule has 0 radical (unpaired) electrons. The molecular weight excluding hydrogens is 789 g/mol. The fourth-order valence-corrected chi connectivity index (χ4v) is 14.2. The standard InChI is InChI=1S/C38H16F4S8/c39-21-15-33(49-37(21)27-3-1-23(43-27)25-5-7-35(41)47-25)31-13-19-9-17-12-30-20(10-18(17)11-29(19)45-31)14-32(46-30)34-16-22(40)38(50-34)28-4-2-24(44-28)26-6-8-36(42)48-26/h1-16H. The van der Waals surface area contributed by atoms with Gasteiger partial charge in [-0.3, -0.25) is 0 Å². The van der Waals surface area contributed by atoms with Crippen molar-refractivity contribution in [2.45, 2.75) is 0 Å². The van der Waals surface area contributed by atoms with Gasteiger partial charge in [0.15, 0.2) is 10.3 Å². The van der Waals surface area contributed by atoms with Crippen molar-refractivity contribution in [3.63, 3.8) is 0 Å². The van der Waals surface area contributed by atoms with Crippen molar-refractivity contribution >= 4 is 122 Å². The first-order chi connectivity index (χ1) is 24.3. The molecule has 0 N–H and O–H groups in total. The lowest BCUT2D eigenvalue weighted by Crippen LogP contribution is -1.72. The molecule has 0 bridgehead atoms. The molecule has 0 unspecified atom stereocenters.